The van der Waals surface area contributed by atoms with Crippen LogP contribution >= 0.6 is 0 Å². The van der Waals surface area contributed by atoms with E-state index in [4.69, 9.17) is 18.7 Å². The lowest BCUT2D eigenvalue weighted by Crippen LogP contribution is -2.25. The Morgan fingerprint density at radius 3 is 2.50 bits per heavy atom. The average molecular weight is 516 g/mol. The van der Waals surface area contributed by atoms with Gasteiger partial charge in [0.1, 0.15) is 23.8 Å². The Balaban J connectivity index is 1.44. The number of amides is 1. The molecular weight excluding hydrogens is 482 g/mol. The first-order chi connectivity index (χ1) is 18.6. The summed E-state index contributed by atoms with van der Waals surface area (Å²) in [5.74, 6) is 0.879. The zero-order valence-electron chi connectivity index (χ0n) is 21.8. The second-order valence-corrected chi connectivity index (χ2v) is 10.3. The van der Waals surface area contributed by atoms with Crippen LogP contribution in [-0.2, 0) is 9.47 Å². The number of ether oxygens (including phenoxy) is 3. The van der Waals surface area contributed by atoms with Crippen LogP contribution in [0.25, 0.3) is 33.4 Å². The van der Waals surface area contributed by atoms with Crippen molar-refractivity contribution in [3.05, 3.63) is 54.8 Å². The lowest BCUT2D eigenvalue weighted by Gasteiger charge is -2.30. The lowest BCUT2D eigenvalue weighted by molar-refractivity contribution is 0.0256. The minimum Gasteiger partial charge on any atom is -0.490 e. The molecule has 1 aliphatic heterocycles. The Bertz CT molecular complexity index is 1400. The molecule has 0 bridgehead atoms. The van der Waals surface area contributed by atoms with Crippen LogP contribution in [0.15, 0.2) is 59.3 Å². The first kappa shape index (κ1) is 24.6. The van der Waals surface area contributed by atoms with Gasteiger partial charge in [-0.1, -0.05) is 17.3 Å². The number of rotatable bonds is 7. The molecular formula is C30H33N3O5. The van der Waals surface area contributed by atoms with E-state index < -0.39 is 6.09 Å². The summed E-state index contributed by atoms with van der Waals surface area (Å²) in [5, 5.41) is 8.25. The van der Waals surface area contributed by atoms with Crippen molar-refractivity contribution >= 4 is 22.7 Å². The minimum absolute atomic E-state index is 0.172. The number of benzene rings is 2. The predicted molar refractivity (Wildman–Crippen MR) is 145 cm³/mol. The molecule has 3 heterocycles. The van der Waals surface area contributed by atoms with E-state index in [-0.39, 0.29) is 12.2 Å². The van der Waals surface area contributed by atoms with Crippen molar-refractivity contribution in [3.63, 3.8) is 0 Å². The van der Waals surface area contributed by atoms with E-state index in [1.165, 1.54) is 6.42 Å². The van der Waals surface area contributed by atoms with Crippen LogP contribution < -0.4 is 10.1 Å². The molecule has 1 saturated heterocycles. The molecule has 8 nitrogen and oxygen atoms in total. The molecule has 198 valence electrons. The number of carbonyl (C=O) groups excluding carboxylic acids is 1. The van der Waals surface area contributed by atoms with E-state index in [0.717, 1.165) is 78.1 Å². The first-order valence-electron chi connectivity index (χ1n) is 13.5. The zero-order chi connectivity index (χ0) is 26.1. The third kappa shape index (κ3) is 4.88. The molecule has 1 N–H and O–H groups in total. The van der Waals surface area contributed by atoms with Crippen molar-refractivity contribution in [2.24, 2.45) is 0 Å². The van der Waals surface area contributed by atoms with Crippen LogP contribution in [0.1, 0.15) is 52.0 Å². The van der Waals surface area contributed by atoms with E-state index in [0.29, 0.717) is 11.7 Å². The smallest absolute Gasteiger partial charge is 0.411 e. The molecule has 2 fully saturated rings. The van der Waals surface area contributed by atoms with Gasteiger partial charge in [0.25, 0.3) is 0 Å². The molecule has 1 amide bonds. The molecule has 2 aromatic carbocycles. The highest BCUT2D eigenvalue weighted by molar-refractivity contribution is 6.04. The molecule has 1 aliphatic carbocycles. The van der Waals surface area contributed by atoms with Crippen molar-refractivity contribution < 1.29 is 23.5 Å². The van der Waals surface area contributed by atoms with Gasteiger partial charge in [0, 0.05) is 47.7 Å². The first-order valence-corrected chi connectivity index (χ1v) is 13.5. The third-order valence-electron chi connectivity index (χ3n) is 7.33. The molecule has 4 aromatic rings. The van der Waals surface area contributed by atoms with E-state index in [9.17, 15) is 4.79 Å². The number of hydrogen-bond acceptors (Lipinski definition) is 6. The van der Waals surface area contributed by atoms with E-state index in [1.54, 1.807) is 6.26 Å². The van der Waals surface area contributed by atoms with Crippen LogP contribution in [0.5, 0.6) is 5.75 Å². The van der Waals surface area contributed by atoms with Crippen LogP contribution in [0.2, 0.25) is 0 Å². The maximum Gasteiger partial charge on any atom is 0.411 e. The molecule has 0 spiro atoms. The summed E-state index contributed by atoms with van der Waals surface area (Å²) in [6.07, 6.45) is 6.41. The van der Waals surface area contributed by atoms with E-state index >= 15 is 0 Å². The second kappa shape index (κ2) is 10.5. The Labute approximate surface area is 221 Å². The van der Waals surface area contributed by atoms with Gasteiger partial charge in [-0.15, -0.1) is 0 Å². The Morgan fingerprint density at radius 1 is 1.05 bits per heavy atom. The van der Waals surface area contributed by atoms with Gasteiger partial charge in [-0.3, -0.25) is 5.32 Å². The quantitative estimate of drug-likeness (QED) is 0.280. The van der Waals surface area contributed by atoms with Crippen molar-refractivity contribution in [2.45, 2.75) is 64.2 Å². The largest absolute Gasteiger partial charge is 0.490 e. The van der Waals surface area contributed by atoms with Gasteiger partial charge in [0.2, 0.25) is 0 Å². The third-order valence-corrected chi connectivity index (χ3v) is 7.33. The van der Waals surface area contributed by atoms with Crippen molar-refractivity contribution in [3.8, 4) is 28.3 Å². The average Bonchev–Trinajstić information content (AvgIpc) is 3.50. The van der Waals surface area contributed by atoms with Crippen molar-refractivity contribution in [1.82, 2.24) is 9.72 Å². The van der Waals surface area contributed by atoms with Gasteiger partial charge in [-0.25, -0.2) is 4.79 Å². The normalized spacial score (nSPS) is 16.5. The molecule has 2 aromatic heterocycles. The van der Waals surface area contributed by atoms with Crippen LogP contribution in [0.3, 0.4) is 0 Å². The van der Waals surface area contributed by atoms with Crippen molar-refractivity contribution in [2.75, 3.05) is 18.5 Å². The van der Waals surface area contributed by atoms with Gasteiger partial charge < -0.3 is 23.3 Å². The maximum absolute atomic E-state index is 12.1. The number of carbonyl (C=O) groups is 1. The number of fused-ring (bicyclic) bond motifs is 1. The van der Waals surface area contributed by atoms with E-state index in [1.807, 2.05) is 44.2 Å². The number of nitrogens with one attached hydrogen (secondary N) is 1. The fraction of sp³-hybridized carbons (Fsp3) is 0.400. The van der Waals surface area contributed by atoms with Gasteiger partial charge in [-0.2, -0.15) is 0 Å². The molecule has 0 unspecified atom stereocenters. The molecule has 0 atom stereocenters. The zero-order valence-corrected chi connectivity index (χ0v) is 21.8. The van der Waals surface area contributed by atoms with Crippen LogP contribution in [0, 0.1) is 0 Å². The molecule has 6 rings (SSSR count). The number of anilines is 1. The minimum atomic E-state index is -0.461. The van der Waals surface area contributed by atoms with Gasteiger partial charge >= 0.3 is 6.09 Å². The Kier molecular flexibility index (Phi) is 6.81. The molecule has 8 heteroatoms. The highest BCUT2D eigenvalue weighted by Crippen LogP contribution is 2.47. The highest BCUT2D eigenvalue weighted by atomic mass is 16.6. The fourth-order valence-corrected chi connectivity index (χ4v) is 5.33. The molecule has 1 saturated carbocycles. The predicted octanol–water partition coefficient (Wildman–Crippen LogP) is 7.20. The maximum atomic E-state index is 12.1. The van der Waals surface area contributed by atoms with Gasteiger partial charge in [0.05, 0.1) is 30.5 Å². The van der Waals surface area contributed by atoms with Crippen LogP contribution in [0.4, 0.5) is 10.5 Å². The Morgan fingerprint density at radius 2 is 1.84 bits per heavy atom. The number of aromatic nitrogens is 2. The van der Waals surface area contributed by atoms with E-state index in [2.05, 4.69) is 33.2 Å². The molecule has 2 aliphatic rings. The summed E-state index contributed by atoms with van der Waals surface area (Å²) in [4.78, 5) is 12.1. The summed E-state index contributed by atoms with van der Waals surface area (Å²) in [7, 11) is 0. The monoisotopic (exact) mass is 515 g/mol. The molecule has 0 radical (unpaired) electrons. The number of hydrogen-bond donors (Lipinski definition) is 1. The summed E-state index contributed by atoms with van der Waals surface area (Å²) in [5.41, 5.74) is 5.79. The summed E-state index contributed by atoms with van der Waals surface area (Å²) < 4.78 is 24.9. The molecule has 38 heavy (non-hydrogen) atoms. The van der Waals surface area contributed by atoms with Crippen molar-refractivity contribution in [1.29, 1.82) is 0 Å². The summed E-state index contributed by atoms with van der Waals surface area (Å²) in [6, 6.07) is 16.6. The summed E-state index contributed by atoms with van der Waals surface area (Å²) in [6.45, 7) is 5.14. The standard InChI is InChI=1S/C30H33N3O5/c1-19(2)37-30(34)31-21-8-6-20(7-9-21)29-28(26-14-17-36-32-26)25-11-10-24(38-23-12-15-35-16-13-23)18-27(25)33(29)22-4-3-5-22/h6-11,14,17-19,22-23H,3-5,12-13,15-16H2,1-2H3,(H,31,34). The van der Waals surface area contributed by atoms with Crippen LogP contribution in [-0.4, -0.2) is 41.2 Å². The van der Waals surface area contributed by atoms with Gasteiger partial charge in [0.15, 0.2) is 0 Å². The van der Waals surface area contributed by atoms with Gasteiger partial charge in [-0.05, 0) is 62.9 Å². The Hall–Kier alpha value is -3.78. The lowest BCUT2D eigenvalue weighted by atomic mass is 9.92. The highest BCUT2D eigenvalue weighted by Gasteiger charge is 2.29. The summed E-state index contributed by atoms with van der Waals surface area (Å²) >= 11 is 0. The second-order valence-electron chi connectivity index (χ2n) is 10.3. The number of nitrogens with zero attached hydrogens (tertiary/aromatic N) is 2. The topological polar surface area (TPSA) is 87.8 Å². The fourth-order valence-electron chi connectivity index (χ4n) is 5.33. The SMILES string of the molecule is CC(C)OC(=O)Nc1ccc(-c2c(-c3ccon3)c3ccc(OC4CCOCC4)cc3n2C2CCC2)cc1.